The molecule has 0 saturated carbocycles. The number of carboxylic acids is 1. The fraction of sp³-hybridized carbons (Fsp3) is 0.579. The van der Waals surface area contributed by atoms with Gasteiger partial charge in [0, 0.05) is 13.2 Å². The van der Waals surface area contributed by atoms with E-state index in [-0.39, 0.29) is 36.3 Å². The lowest BCUT2D eigenvalue weighted by atomic mass is 10.0. The predicted molar refractivity (Wildman–Crippen MR) is 95.7 cm³/mol. The molecule has 1 aromatic rings. The van der Waals surface area contributed by atoms with E-state index in [2.05, 4.69) is 4.90 Å². The van der Waals surface area contributed by atoms with Gasteiger partial charge in [-0.05, 0) is 44.6 Å². The predicted octanol–water partition coefficient (Wildman–Crippen LogP) is 2.32. The van der Waals surface area contributed by atoms with Gasteiger partial charge in [0.05, 0.1) is 24.6 Å². The maximum Gasteiger partial charge on any atom is 0.490 e. The number of hydrogen-bond donors (Lipinski definition) is 1. The number of likely N-dealkylation sites (N-methyl/N-ethyl adjacent to an activating group) is 1. The fourth-order valence-corrected chi connectivity index (χ4v) is 3.60. The monoisotopic (exact) mass is 420 g/mol. The molecule has 1 aromatic carbocycles. The first-order valence-corrected chi connectivity index (χ1v) is 9.12. The fourth-order valence-electron chi connectivity index (χ4n) is 3.60. The molecule has 0 bridgehead atoms. The second-order valence-electron chi connectivity index (χ2n) is 7.23. The first-order valence-electron chi connectivity index (χ1n) is 9.12. The highest BCUT2D eigenvalue weighted by Gasteiger charge is 2.46. The number of benzene rings is 1. The summed E-state index contributed by atoms with van der Waals surface area (Å²) in [5.74, 6) is -2.99. The normalized spacial score (nSPS) is 24.0. The Hall–Kier alpha value is -2.20. The first kappa shape index (κ1) is 23.1. The van der Waals surface area contributed by atoms with Crippen LogP contribution in [0.4, 0.5) is 17.6 Å². The van der Waals surface area contributed by atoms with Gasteiger partial charge >= 0.3 is 12.1 Å². The highest BCUT2D eigenvalue weighted by molar-refractivity contribution is 5.79. The topological polar surface area (TPSA) is 70.1 Å². The van der Waals surface area contributed by atoms with E-state index in [1.54, 1.807) is 12.1 Å². The average Bonchev–Trinajstić information content (AvgIpc) is 3.01. The molecule has 2 fully saturated rings. The molecule has 3 atom stereocenters. The van der Waals surface area contributed by atoms with Crippen molar-refractivity contribution < 1.29 is 37.0 Å². The van der Waals surface area contributed by atoms with Crippen molar-refractivity contribution in [3.63, 3.8) is 0 Å². The van der Waals surface area contributed by atoms with E-state index in [0.717, 1.165) is 25.0 Å². The number of ether oxygens (including phenoxy) is 1. The molecule has 29 heavy (non-hydrogen) atoms. The Balaban J connectivity index is 0.000000370. The third-order valence-corrected chi connectivity index (χ3v) is 4.97. The summed E-state index contributed by atoms with van der Waals surface area (Å²) in [5.41, 5.74) is 0.728. The Kier molecular flexibility index (Phi) is 7.59. The molecule has 2 aliphatic rings. The van der Waals surface area contributed by atoms with Crippen LogP contribution in [-0.2, 0) is 20.7 Å². The molecule has 2 heterocycles. The summed E-state index contributed by atoms with van der Waals surface area (Å²) in [5, 5.41) is 7.12. The van der Waals surface area contributed by atoms with Crippen LogP contribution in [0, 0.1) is 5.82 Å². The number of carboxylic acid groups (broad SMARTS) is 1. The van der Waals surface area contributed by atoms with Crippen molar-refractivity contribution in [3.05, 3.63) is 35.6 Å². The zero-order valence-corrected chi connectivity index (χ0v) is 16.2. The maximum absolute atomic E-state index is 13.3. The van der Waals surface area contributed by atoms with Crippen molar-refractivity contribution in [1.29, 1.82) is 0 Å². The lowest BCUT2D eigenvalue weighted by Crippen LogP contribution is -2.46. The van der Waals surface area contributed by atoms with E-state index in [0.29, 0.717) is 6.54 Å². The second-order valence-corrected chi connectivity index (χ2v) is 7.23. The second kappa shape index (κ2) is 9.53. The molecule has 6 nitrogen and oxygen atoms in total. The van der Waals surface area contributed by atoms with E-state index >= 15 is 0 Å². The van der Waals surface area contributed by atoms with Gasteiger partial charge in [0.1, 0.15) is 5.82 Å². The lowest BCUT2D eigenvalue weighted by molar-refractivity contribution is -0.192. The van der Waals surface area contributed by atoms with Crippen LogP contribution in [0.2, 0.25) is 0 Å². The van der Waals surface area contributed by atoms with Crippen molar-refractivity contribution in [1.82, 2.24) is 9.80 Å². The third kappa shape index (κ3) is 6.14. The van der Waals surface area contributed by atoms with E-state index in [1.165, 1.54) is 12.1 Å². The van der Waals surface area contributed by atoms with Gasteiger partial charge in [0.25, 0.3) is 0 Å². The molecule has 0 aliphatic carbocycles. The summed E-state index contributed by atoms with van der Waals surface area (Å²) in [4.78, 5) is 25.7. The van der Waals surface area contributed by atoms with Crippen LogP contribution in [0.3, 0.4) is 0 Å². The van der Waals surface area contributed by atoms with Crippen LogP contribution in [0.1, 0.15) is 18.4 Å². The number of carbonyl (C=O) groups is 2. The van der Waals surface area contributed by atoms with Crippen LogP contribution >= 0.6 is 0 Å². The van der Waals surface area contributed by atoms with Gasteiger partial charge in [-0.1, -0.05) is 12.1 Å². The summed E-state index contributed by atoms with van der Waals surface area (Å²) >= 11 is 0. The Morgan fingerprint density at radius 3 is 2.52 bits per heavy atom. The molecular formula is C19H24F4N2O4. The lowest BCUT2D eigenvalue weighted by Gasteiger charge is -2.33. The van der Waals surface area contributed by atoms with Crippen LogP contribution in [0.5, 0.6) is 0 Å². The molecule has 1 N–H and O–H groups in total. The van der Waals surface area contributed by atoms with Gasteiger partial charge in [-0.25, -0.2) is 9.18 Å². The number of halogens is 4. The molecule has 0 unspecified atom stereocenters. The minimum atomic E-state index is -5.08. The average molecular weight is 420 g/mol. The van der Waals surface area contributed by atoms with Crippen molar-refractivity contribution in [3.8, 4) is 0 Å². The van der Waals surface area contributed by atoms with Gasteiger partial charge in [-0.3, -0.25) is 4.79 Å². The number of aliphatic carboxylic acids is 1. The summed E-state index contributed by atoms with van der Waals surface area (Å²) in [6.07, 6.45) is -2.75. The molecule has 10 heteroatoms. The SMILES string of the molecule is CN(C)[C@@H]1CN(C(=O)Cc2cccc(F)c2)[C@@H]2CCCO[C@H]12.O=C(O)C(F)(F)F. The number of nitrogens with zero attached hydrogens (tertiary/aromatic N) is 2. The minimum Gasteiger partial charge on any atom is -0.475 e. The Labute approximate surface area is 166 Å². The van der Waals surface area contributed by atoms with Gasteiger partial charge in [-0.2, -0.15) is 13.2 Å². The summed E-state index contributed by atoms with van der Waals surface area (Å²) in [6, 6.07) is 6.68. The number of alkyl halides is 3. The number of amides is 1. The third-order valence-electron chi connectivity index (χ3n) is 4.97. The Morgan fingerprint density at radius 2 is 1.97 bits per heavy atom. The molecule has 2 saturated heterocycles. The molecule has 1 amide bonds. The zero-order chi connectivity index (χ0) is 21.8. The van der Waals surface area contributed by atoms with Gasteiger partial charge in [0.2, 0.25) is 5.91 Å². The molecule has 162 valence electrons. The van der Waals surface area contributed by atoms with E-state index in [1.807, 2.05) is 19.0 Å². The van der Waals surface area contributed by atoms with Crippen LogP contribution < -0.4 is 0 Å². The standard InChI is InChI=1S/C17H23FN2O2.C2HF3O2/c1-19(2)15-11-20(14-7-4-8-22-17(14)15)16(21)10-12-5-3-6-13(18)9-12;3-2(4,5)1(6)7/h3,5-6,9,14-15,17H,4,7-8,10-11H2,1-2H3;(H,6,7)/t14-,15-,17+;/m1./s1. The summed E-state index contributed by atoms with van der Waals surface area (Å²) in [6.45, 7) is 1.47. The maximum atomic E-state index is 13.3. The zero-order valence-electron chi connectivity index (χ0n) is 16.2. The Morgan fingerprint density at radius 1 is 1.31 bits per heavy atom. The molecular weight excluding hydrogens is 396 g/mol. The van der Waals surface area contributed by atoms with Crippen LogP contribution in [-0.4, -0.2) is 78.4 Å². The highest BCUT2D eigenvalue weighted by Crippen LogP contribution is 2.31. The van der Waals surface area contributed by atoms with Gasteiger partial charge in [0.15, 0.2) is 0 Å². The minimum absolute atomic E-state index is 0.0652. The molecule has 3 rings (SSSR count). The van der Waals surface area contributed by atoms with Gasteiger partial charge < -0.3 is 19.6 Å². The van der Waals surface area contributed by atoms with Crippen molar-refractivity contribution in [2.45, 2.75) is 43.6 Å². The van der Waals surface area contributed by atoms with Crippen LogP contribution in [0.15, 0.2) is 24.3 Å². The van der Waals surface area contributed by atoms with E-state index in [4.69, 9.17) is 14.6 Å². The Bertz CT molecular complexity index is 726. The number of rotatable bonds is 3. The summed E-state index contributed by atoms with van der Waals surface area (Å²) < 4.78 is 50.9. The molecule has 0 radical (unpaired) electrons. The number of carbonyl (C=O) groups excluding carboxylic acids is 1. The number of hydrogen-bond acceptors (Lipinski definition) is 4. The van der Waals surface area contributed by atoms with Crippen LogP contribution in [0.25, 0.3) is 0 Å². The number of likely N-dealkylation sites (tertiary alicyclic amines) is 1. The largest absolute Gasteiger partial charge is 0.490 e. The van der Waals surface area contributed by atoms with Crippen molar-refractivity contribution >= 4 is 11.9 Å². The molecule has 0 spiro atoms. The molecule has 0 aromatic heterocycles. The van der Waals surface area contributed by atoms with Gasteiger partial charge in [-0.15, -0.1) is 0 Å². The smallest absolute Gasteiger partial charge is 0.475 e. The van der Waals surface area contributed by atoms with Crippen molar-refractivity contribution in [2.75, 3.05) is 27.2 Å². The quantitative estimate of drug-likeness (QED) is 0.761. The van der Waals surface area contributed by atoms with E-state index < -0.39 is 12.1 Å². The number of fused-ring (bicyclic) bond motifs is 1. The summed E-state index contributed by atoms with van der Waals surface area (Å²) in [7, 11) is 4.06. The van der Waals surface area contributed by atoms with Crippen molar-refractivity contribution in [2.24, 2.45) is 0 Å². The van der Waals surface area contributed by atoms with E-state index in [9.17, 15) is 22.4 Å². The highest BCUT2D eigenvalue weighted by atomic mass is 19.4. The molecule has 2 aliphatic heterocycles. The first-order chi connectivity index (χ1) is 13.5.